The van der Waals surface area contributed by atoms with Gasteiger partial charge in [0.05, 0.1) is 18.4 Å². The molecule has 27 heavy (non-hydrogen) atoms. The van der Waals surface area contributed by atoms with Crippen molar-refractivity contribution in [3.63, 3.8) is 0 Å². The quantitative estimate of drug-likeness (QED) is 0.811. The molecule has 2 heterocycles. The van der Waals surface area contributed by atoms with Crippen molar-refractivity contribution in [2.75, 3.05) is 31.1 Å². The van der Waals surface area contributed by atoms with Crippen LogP contribution in [0.4, 0.5) is 5.69 Å². The molecule has 3 rings (SSSR count). The zero-order valence-corrected chi connectivity index (χ0v) is 16.7. The van der Waals surface area contributed by atoms with Crippen LogP contribution in [0.2, 0.25) is 5.02 Å². The Balaban J connectivity index is 1.73. The summed E-state index contributed by atoms with van der Waals surface area (Å²) < 4.78 is 1.38. The zero-order chi connectivity index (χ0) is 19.6. The van der Waals surface area contributed by atoms with Crippen LogP contribution in [0, 0.1) is 5.41 Å². The van der Waals surface area contributed by atoms with Crippen LogP contribution in [-0.4, -0.2) is 46.8 Å². The third-order valence-electron chi connectivity index (χ3n) is 4.69. The number of carbonyl (C=O) groups is 1. The van der Waals surface area contributed by atoms with E-state index in [2.05, 4.69) is 5.10 Å². The molecule has 144 valence electrons. The molecule has 0 radical (unpaired) electrons. The lowest BCUT2D eigenvalue weighted by atomic mass is 9.94. The highest BCUT2D eigenvalue weighted by atomic mass is 35.5. The van der Waals surface area contributed by atoms with E-state index >= 15 is 0 Å². The van der Waals surface area contributed by atoms with E-state index in [-0.39, 0.29) is 21.9 Å². The summed E-state index contributed by atoms with van der Waals surface area (Å²) in [6, 6.07) is 9.67. The molecule has 7 heteroatoms. The Morgan fingerprint density at radius 1 is 1.11 bits per heavy atom. The first kappa shape index (κ1) is 19.4. The van der Waals surface area contributed by atoms with Gasteiger partial charge >= 0.3 is 0 Å². The van der Waals surface area contributed by atoms with Gasteiger partial charge in [-0.2, -0.15) is 5.10 Å². The summed E-state index contributed by atoms with van der Waals surface area (Å²) in [5.41, 5.74) is 0.935. The molecule has 0 bridgehead atoms. The monoisotopic (exact) mass is 388 g/mol. The second kappa shape index (κ2) is 7.72. The van der Waals surface area contributed by atoms with E-state index in [4.69, 9.17) is 11.6 Å². The van der Waals surface area contributed by atoms with Crippen LogP contribution in [0.3, 0.4) is 0 Å². The predicted octanol–water partition coefficient (Wildman–Crippen LogP) is 2.64. The molecule has 1 fully saturated rings. The average Bonchev–Trinajstić information content (AvgIpc) is 2.65. The van der Waals surface area contributed by atoms with E-state index in [0.717, 1.165) is 5.56 Å². The van der Waals surface area contributed by atoms with Gasteiger partial charge in [-0.25, -0.2) is 4.68 Å². The molecular formula is C20H25ClN4O2. The van der Waals surface area contributed by atoms with Crippen LogP contribution in [0.15, 0.2) is 41.3 Å². The third kappa shape index (κ3) is 4.33. The Morgan fingerprint density at radius 3 is 2.33 bits per heavy atom. The maximum absolute atomic E-state index is 12.6. The molecular weight excluding hydrogens is 364 g/mol. The molecule has 1 aromatic heterocycles. The highest BCUT2D eigenvalue weighted by Gasteiger charge is 2.30. The summed E-state index contributed by atoms with van der Waals surface area (Å²) in [6.45, 7) is 8.64. The molecule has 0 N–H and O–H groups in total. The van der Waals surface area contributed by atoms with E-state index in [1.165, 1.54) is 4.68 Å². The molecule has 1 aliphatic heterocycles. The van der Waals surface area contributed by atoms with Gasteiger partial charge in [-0.1, -0.05) is 62.7 Å². The number of carbonyl (C=O) groups excluding carboxylic acids is 1. The van der Waals surface area contributed by atoms with Crippen LogP contribution in [0.5, 0.6) is 0 Å². The molecule has 0 unspecified atom stereocenters. The van der Waals surface area contributed by atoms with Crippen molar-refractivity contribution < 1.29 is 4.79 Å². The minimum Gasteiger partial charge on any atom is -0.365 e. The molecule has 1 aliphatic rings. The second-order valence-corrected chi connectivity index (χ2v) is 8.20. The Hall–Kier alpha value is -2.34. The average molecular weight is 389 g/mol. The molecule has 0 aliphatic carbocycles. The number of aromatic nitrogens is 2. The van der Waals surface area contributed by atoms with Gasteiger partial charge in [0.1, 0.15) is 5.02 Å². The van der Waals surface area contributed by atoms with Gasteiger partial charge in [0.15, 0.2) is 0 Å². The van der Waals surface area contributed by atoms with Crippen molar-refractivity contribution in [1.29, 1.82) is 0 Å². The SMILES string of the molecule is CC(C)(C)C(=O)N1CCN(c2cnn(Cc3ccccc3)c(=O)c2Cl)CC1. The fourth-order valence-electron chi connectivity index (χ4n) is 3.17. The number of hydrogen-bond donors (Lipinski definition) is 0. The van der Waals surface area contributed by atoms with Crippen LogP contribution in [-0.2, 0) is 11.3 Å². The standard InChI is InChI=1S/C20H25ClN4O2/c1-20(2,3)19(27)24-11-9-23(10-12-24)16-13-22-25(18(26)17(16)21)14-15-7-5-4-6-8-15/h4-8,13H,9-12,14H2,1-3H3. The maximum Gasteiger partial charge on any atom is 0.287 e. The van der Waals surface area contributed by atoms with Crippen molar-refractivity contribution in [2.24, 2.45) is 5.41 Å². The van der Waals surface area contributed by atoms with Crippen molar-refractivity contribution in [2.45, 2.75) is 27.3 Å². The highest BCUT2D eigenvalue weighted by Crippen LogP contribution is 2.24. The van der Waals surface area contributed by atoms with E-state index < -0.39 is 0 Å². The van der Waals surface area contributed by atoms with Crippen molar-refractivity contribution in [3.05, 3.63) is 57.5 Å². The topological polar surface area (TPSA) is 58.4 Å². The van der Waals surface area contributed by atoms with Gasteiger partial charge in [0, 0.05) is 31.6 Å². The number of piperazine rings is 1. The van der Waals surface area contributed by atoms with Crippen LogP contribution in [0.1, 0.15) is 26.3 Å². The fourth-order valence-corrected chi connectivity index (χ4v) is 3.44. The largest absolute Gasteiger partial charge is 0.365 e. The summed E-state index contributed by atoms with van der Waals surface area (Å²) in [6.07, 6.45) is 1.65. The number of hydrogen-bond acceptors (Lipinski definition) is 4. The summed E-state index contributed by atoms with van der Waals surface area (Å²) >= 11 is 6.37. The third-order valence-corrected chi connectivity index (χ3v) is 5.05. The van der Waals surface area contributed by atoms with Gasteiger partial charge in [-0.15, -0.1) is 0 Å². The number of nitrogens with zero attached hydrogens (tertiary/aromatic N) is 4. The fraction of sp³-hybridized carbons (Fsp3) is 0.450. The van der Waals surface area contributed by atoms with Crippen molar-refractivity contribution in [1.82, 2.24) is 14.7 Å². The lowest BCUT2D eigenvalue weighted by molar-refractivity contribution is -0.139. The molecule has 0 saturated carbocycles. The van der Waals surface area contributed by atoms with Crippen molar-refractivity contribution in [3.8, 4) is 0 Å². The molecule has 0 atom stereocenters. The van der Waals surface area contributed by atoms with Crippen LogP contribution >= 0.6 is 11.6 Å². The zero-order valence-electron chi connectivity index (χ0n) is 16.0. The first-order valence-corrected chi connectivity index (χ1v) is 9.49. The summed E-state index contributed by atoms with van der Waals surface area (Å²) in [5.74, 6) is 0.143. The van der Waals surface area contributed by atoms with E-state index in [9.17, 15) is 9.59 Å². The minimum atomic E-state index is -0.390. The first-order chi connectivity index (χ1) is 12.8. The van der Waals surface area contributed by atoms with Gasteiger partial charge < -0.3 is 9.80 Å². The van der Waals surface area contributed by atoms with Gasteiger partial charge in [0.2, 0.25) is 5.91 Å². The summed E-state index contributed by atoms with van der Waals surface area (Å²) in [5, 5.41) is 4.48. The van der Waals surface area contributed by atoms with E-state index in [0.29, 0.717) is 38.4 Å². The van der Waals surface area contributed by atoms with Gasteiger partial charge in [-0.3, -0.25) is 9.59 Å². The Labute approximate surface area is 164 Å². The maximum atomic E-state index is 12.6. The van der Waals surface area contributed by atoms with Crippen molar-refractivity contribution >= 4 is 23.2 Å². The number of benzene rings is 1. The van der Waals surface area contributed by atoms with E-state index in [1.54, 1.807) is 6.20 Å². The van der Waals surface area contributed by atoms with Gasteiger partial charge in [-0.05, 0) is 5.56 Å². The van der Waals surface area contributed by atoms with Crippen LogP contribution < -0.4 is 10.5 Å². The number of amides is 1. The summed E-state index contributed by atoms with van der Waals surface area (Å²) in [7, 11) is 0. The minimum absolute atomic E-state index is 0.143. The molecule has 2 aromatic rings. The lowest BCUT2D eigenvalue weighted by Crippen LogP contribution is -2.52. The smallest absolute Gasteiger partial charge is 0.287 e. The first-order valence-electron chi connectivity index (χ1n) is 9.11. The Bertz CT molecular complexity index is 866. The second-order valence-electron chi connectivity index (χ2n) is 7.82. The number of halogens is 1. The highest BCUT2D eigenvalue weighted by molar-refractivity contribution is 6.33. The summed E-state index contributed by atoms with van der Waals surface area (Å²) in [4.78, 5) is 28.9. The normalized spacial score (nSPS) is 15.1. The Morgan fingerprint density at radius 2 is 1.74 bits per heavy atom. The number of anilines is 1. The molecule has 1 aromatic carbocycles. The van der Waals surface area contributed by atoms with Gasteiger partial charge in [0.25, 0.3) is 5.56 Å². The number of rotatable bonds is 3. The molecule has 6 nitrogen and oxygen atoms in total. The lowest BCUT2D eigenvalue weighted by Gasteiger charge is -2.38. The van der Waals surface area contributed by atoms with Crippen LogP contribution in [0.25, 0.3) is 0 Å². The molecule has 1 saturated heterocycles. The predicted molar refractivity (Wildman–Crippen MR) is 107 cm³/mol. The van der Waals surface area contributed by atoms with E-state index in [1.807, 2.05) is 60.9 Å². The molecule has 0 spiro atoms. The Kier molecular flexibility index (Phi) is 5.56. The molecule has 1 amide bonds.